The van der Waals surface area contributed by atoms with Gasteiger partial charge in [-0.2, -0.15) is 0 Å². The fourth-order valence-electron chi connectivity index (χ4n) is 4.20. The highest BCUT2D eigenvalue weighted by Gasteiger charge is 2.18. The molecular formula is C32H35N3. The number of nitrogens with zero attached hydrogens (tertiary/aromatic N) is 3. The van der Waals surface area contributed by atoms with E-state index in [1.165, 1.54) is 16.7 Å². The van der Waals surface area contributed by atoms with E-state index >= 15 is 0 Å². The molecule has 0 spiro atoms. The topological polar surface area (TPSA) is 30.7 Å². The molecule has 1 aliphatic carbocycles. The molecule has 0 aliphatic heterocycles. The molecule has 1 heterocycles. The van der Waals surface area contributed by atoms with Crippen molar-refractivity contribution in [1.82, 2.24) is 14.8 Å². The lowest BCUT2D eigenvalue weighted by Gasteiger charge is -2.19. The van der Waals surface area contributed by atoms with E-state index in [-0.39, 0.29) is 5.41 Å². The first-order valence-corrected chi connectivity index (χ1v) is 12.4. The molecule has 0 fully saturated rings. The van der Waals surface area contributed by atoms with Gasteiger partial charge in [-0.05, 0) is 59.6 Å². The van der Waals surface area contributed by atoms with Gasteiger partial charge in [0.05, 0.1) is 0 Å². The van der Waals surface area contributed by atoms with Gasteiger partial charge in [-0.3, -0.25) is 4.57 Å². The minimum absolute atomic E-state index is 0.109. The van der Waals surface area contributed by atoms with Crippen LogP contribution in [0.2, 0.25) is 0 Å². The Balaban J connectivity index is 1.76. The number of aromatic nitrogens is 3. The van der Waals surface area contributed by atoms with Gasteiger partial charge in [0.25, 0.3) is 0 Å². The van der Waals surface area contributed by atoms with Crippen molar-refractivity contribution in [3.63, 3.8) is 0 Å². The number of allylic oxidation sites excluding steroid dienone is 10. The molecule has 3 aromatic rings. The third-order valence-corrected chi connectivity index (χ3v) is 6.32. The summed E-state index contributed by atoms with van der Waals surface area (Å²) in [5.41, 5.74) is 7.18. The van der Waals surface area contributed by atoms with E-state index in [2.05, 4.69) is 140 Å². The standard InChI is InChI=1S/C32H35N3/c1-6-25(26-14-10-7-8-11-15-26)19-18-24(2)30-33-34-31(35(30)29-16-12-9-13-17-29)27-20-22-28(23-21-27)32(3,4)5/h7-10,12-23H,6,11H2,1-5H3/b24-18+,25-19+. The summed E-state index contributed by atoms with van der Waals surface area (Å²) < 4.78 is 2.16. The van der Waals surface area contributed by atoms with Gasteiger partial charge in [-0.1, -0.05) is 113 Å². The molecule has 178 valence electrons. The van der Waals surface area contributed by atoms with Crippen molar-refractivity contribution in [3.8, 4) is 17.1 Å². The first-order valence-electron chi connectivity index (χ1n) is 12.4. The maximum absolute atomic E-state index is 4.65. The van der Waals surface area contributed by atoms with E-state index in [4.69, 9.17) is 0 Å². The Bertz CT molecular complexity index is 1310. The van der Waals surface area contributed by atoms with E-state index in [0.29, 0.717) is 0 Å². The average molecular weight is 462 g/mol. The van der Waals surface area contributed by atoms with Gasteiger partial charge in [0, 0.05) is 11.3 Å². The average Bonchev–Trinajstić information content (AvgIpc) is 3.13. The minimum atomic E-state index is 0.109. The van der Waals surface area contributed by atoms with Crippen molar-refractivity contribution in [3.05, 3.63) is 120 Å². The van der Waals surface area contributed by atoms with Crippen LogP contribution in [0, 0.1) is 0 Å². The lowest BCUT2D eigenvalue weighted by Crippen LogP contribution is -2.10. The van der Waals surface area contributed by atoms with E-state index < -0.39 is 0 Å². The highest BCUT2D eigenvalue weighted by Crippen LogP contribution is 2.29. The summed E-state index contributed by atoms with van der Waals surface area (Å²) in [6.45, 7) is 11.0. The van der Waals surface area contributed by atoms with Crippen LogP contribution in [0.5, 0.6) is 0 Å². The summed E-state index contributed by atoms with van der Waals surface area (Å²) in [6, 6.07) is 19.1. The Hall–Kier alpha value is -3.72. The van der Waals surface area contributed by atoms with Crippen LogP contribution in [-0.4, -0.2) is 14.8 Å². The van der Waals surface area contributed by atoms with E-state index in [9.17, 15) is 0 Å². The van der Waals surface area contributed by atoms with Crippen molar-refractivity contribution >= 4 is 5.57 Å². The molecule has 4 rings (SSSR count). The number of hydrogen-bond donors (Lipinski definition) is 0. The molecule has 0 radical (unpaired) electrons. The molecule has 35 heavy (non-hydrogen) atoms. The van der Waals surface area contributed by atoms with Crippen LogP contribution in [0.3, 0.4) is 0 Å². The predicted molar refractivity (Wildman–Crippen MR) is 148 cm³/mol. The number of para-hydroxylation sites is 1. The first kappa shape index (κ1) is 24.4. The Labute approximate surface area is 209 Å². The highest BCUT2D eigenvalue weighted by atomic mass is 15.3. The molecule has 0 saturated carbocycles. The van der Waals surface area contributed by atoms with Gasteiger partial charge >= 0.3 is 0 Å². The molecule has 0 bridgehead atoms. The maximum atomic E-state index is 4.65. The molecule has 3 heteroatoms. The largest absolute Gasteiger partial charge is 0.275 e. The summed E-state index contributed by atoms with van der Waals surface area (Å²) in [7, 11) is 0. The highest BCUT2D eigenvalue weighted by molar-refractivity contribution is 5.68. The molecule has 3 nitrogen and oxygen atoms in total. The van der Waals surface area contributed by atoms with Crippen molar-refractivity contribution in [1.29, 1.82) is 0 Å². The Morgan fingerprint density at radius 3 is 2.37 bits per heavy atom. The molecule has 0 amide bonds. The summed E-state index contributed by atoms with van der Waals surface area (Å²) in [6.07, 6.45) is 17.2. The Kier molecular flexibility index (Phi) is 7.45. The lowest BCUT2D eigenvalue weighted by atomic mass is 9.86. The summed E-state index contributed by atoms with van der Waals surface area (Å²) in [5, 5.41) is 9.29. The molecule has 1 aromatic heterocycles. The van der Waals surface area contributed by atoms with Crippen LogP contribution in [0.1, 0.15) is 58.8 Å². The Morgan fingerprint density at radius 2 is 1.69 bits per heavy atom. The van der Waals surface area contributed by atoms with Crippen molar-refractivity contribution < 1.29 is 0 Å². The van der Waals surface area contributed by atoms with E-state index in [1.54, 1.807) is 0 Å². The molecule has 2 aromatic carbocycles. The zero-order chi connectivity index (χ0) is 24.8. The van der Waals surface area contributed by atoms with Crippen LogP contribution in [0.15, 0.2) is 108 Å². The normalized spacial score (nSPS) is 14.7. The smallest absolute Gasteiger partial charge is 0.168 e. The van der Waals surface area contributed by atoms with Gasteiger partial charge in [-0.25, -0.2) is 0 Å². The van der Waals surface area contributed by atoms with E-state index in [0.717, 1.165) is 41.3 Å². The third kappa shape index (κ3) is 5.68. The summed E-state index contributed by atoms with van der Waals surface area (Å²) in [4.78, 5) is 0. The Morgan fingerprint density at radius 1 is 0.943 bits per heavy atom. The van der Waals surface area contributed by atoms with Crippen molar-refractivity contribution in [2.75, 3.05) is 0 Å². The molecule has 0 N–H and O–H groups in total. The number of benzene rings is 2. The minimum Gasteiger partial charge on any atom is -0.275 e. The van der Waals surface area contributed by atoms with Gasteiger partial charge in [-0.15, -0.1) is 10.2 Å². The zero-order valence-corrected chi connectivity index (χ0v) is 21.5. The van der Waals surface area contributed by atoms with Gasteiger partial charge in [0.2, 0.25) is 0 Å². The number of hydrogen-bond acceptors (Lipinski definition) is 2. The van der Waals surface area contributed by atoms with Crippen molar-refractivity contribution in [2.45, 2.75) is 52.9 Å². The molecule has 0 unspecified atom stereocenters. The first-order chi connectivity index (χ1) is 16.9. The maximum Gasteiger partial charge on any atom is 0.168 e. The fraction of sp³-hybridized carbons (Fsp3) is 0.250. The quantitative estimate of drug-likeness (QED) is 0.345. The molecule has 0 atom stereocenters. The van der Waals surface area contributed by atoms with Crippen LogP contribution in [0.4, 0.5) is 0 Å². The summed E-state index contributed by atoms with van der Waals surface area (Å²) in [5.74, 6) is 1.70. The zero-order valence-electron chi connectivity index (χ0n) is 21.5. The molecular weight excluding hydrogens is 426 g/mol. The summed E-state index contributed by atoms with van der Waals surface area (Å²) >= 11 is 0. The fourth-order valence-corrected chi connectivity index (χ4v) is 4.20. The SMILES string of the molecule is CC/C(=C\C=C(/C)c1nnc(-c2ccc(C(C)(C)C)cc2)n1-c1ccccc1)C1=CCC=CC=C1. The molecule has 0 saturated heterocycles. The molecule has 1 aliphatic rings. The van der Waals surface area contributed by atoms with Crippen LogP contribution in [0.25, 0.3) is 22.6 Å². The predicted octanol–water partition coefficient (Wildman–Crippen LogP) is 8.41. The van der Waals surface area contributed by atoms with Crippen molar-refractivity contribution in [2.24, 2.45) is 0 Å². The third-order valence-electron chi connectivity index (χ3n) is 6.32. The number of rotatable bonds is 6. The van der Waals surface area contributed by atoms with Crippen LogP contribution >= 0.6 is 0 Å². The second-order valence-corrected chi connectivity index (χ2v) is 9.92. The van der Waals surface area contributed by atoms with Crippen LogP contribution in [-0.2, 0) is 5.41 Å². The van der Waals surface area contributed by atoms with E-state index in [1.807, 2.05) is 6.07 Å². The van der Waals surface area contributed by atoms with Crippen LogP contribution < -0.4 is 0 Å². The van der Waals surface area contributed by atoms with Gasteiger partial charge in [0.1, 0.15) is 0 Å². The monoisotopic (exact) mass is 461 g/mol. The van der Waals surface area contributed by atoms with Gasteiger partial charge in [0.15, 0.2) is 11.6 Å². The van der Waals surface area contributed by atoms with Gasteiger partial charge < -0.3 is 0 Å². The lowest BCUT2D eigenvalue weighted by molar-refractivity contribution is 0.590. The second kappa shape index (κ2) is 10.7. The second-order valence-electron chi connectivity index (χ2n) is 9.92.